The minimum absolute atomic E-state index is 0.264. The number of hydrogen-bond donors (Lipinski definition) is 1. The molecule has 1 aromatic heterocycles. The predicted molar refractivity (Wildman–Crippen MR) is 67.3 cm³/mol. The molecule has 0 amide bonds. The molecule has 0 bridgehead atoms. The fourth-order valence-corrected chi connectivity index (χ4v) is 1.56. The molecule has 90 valence electrons. The van der Waals surface area contributed by atoms with Crippen LogP contribution in [-0.2, 0) is 0 Å². The van der Waals surface area contributed by atoms with Gasteiger partial charge >= 0.3 is 0 Å². The van der Waals surface area contributed by atoms with Crippen molar-refractivity contribution < 1.29 is 0 Å². The van der Waals surface area contributed by atoms with Crippen molar-refractivity contribution in [1.29, 1.82) is 0 Å². The Morgan fingerprint density at radius 3 is 2.25 bits per heavy atom. The highest BCUT2D eigenvalue weighted by atomic mass is 15.0. The SMILES string of the molecule is CNC(CCC(C)(C)C)c1ncc(C)cn1. The van der Waals surface area contributed by atoms with Gasteiger partial charge in [-0.25, -0.2) is 9.97 Å². The summed E-state index contributed by atoms with van der Waals surface area (Å²) in [4.78, 5) is 8.75. The lowest BCUT2D eigenvalue weighted by Crippen LogP contribution is -2.21. The third-order valence-corrected chi connectivity index (χ3v) is 2.64. The van der Waals surface area contributed by atoms with Gasteiger partial charge in [0.25, 0.3) is 0 Å². The Hall–Kier alpha value is -0.960. The molecule has 1 N–H and O–H groups in total. The highest BCUT2D eigenvalue weighted by Crippen LogP contribution is 2.25. The molecule has 1 aromatic rings. The minimum Gasteiger partial charge on any atom is -0.310 e. The van der Waals surface area contributed by atoms with Crippen molar-refractivity contribution in [3.63, 3.8) is 0 Å². The van der Waals surface area contributed by atoms with Crippen molar-refractivity contribution in [2.24, 2.45) is 5.41 Å². The van der Waals surface area contributed by atoms with E-state index in [2.05, 4.69) is 36.1 Å². The number of aryl methyl sites for hydroxylation is 1. The lowest BCUT2D eigenvalue weighted by Gasteiger charge is -2.22. The zero-order chi connectivity index (χ0) is 12.2. The van der Waals surface area contributed by atoms with Crippen LogP contribution in [0.2, 0.25) is 0 Å². The van der Waals surface area contributed by atoms with Crippen LogP contribution < -0.4 is 5.32 Å². The van der Waals surface area contributed by atoms with Crippen molar-refractivity contribution in [3.8, 4) is 0 Å². The van der Waals surface area contributed by atoms with Crippen LogP contribution in [0.25, 0.3) is 0 Å². The molecule has 16 heavy (non-hydrogen) atoms. The van der Waals surface area contributed by atoms with Crippen molar-refractivity contribution >= 4 is 0 Å². The summed E-state index contributed by atoms with van der Waals surface area (Å²) in [5.41, 5.74) is 1.47. The van der Waals surface area contributed by atoms with Crippen molar-refractivity contribution in [3.05, 3.63) is 23.8 Å². The second-order valence-corrected chi connectivity index (χ2v) is 5.56. The van der Waals surface area contributed by atoms with Crippen molar-refractivity contribution in [2.45, 2.75) is 46.6 Å². The van der Waals surface area contributed by atoms with E-state index in [4.69, 9.17) is 0 Å². The largest absolute Gasteiger partial charge is 0.310 e. The molecule has 3 heteroatoms. The maximum atomic E-state index is 4.38. The van der Waals surface area contributed by atoms with Crippen molar-refractivity contribution in [2.75, 3.05) is 7.05 Å². The molecule has 1 atom stereocenters. The molecule has 0 saturated carbocycles. The summed E-state index contributed by atoms with van der Waals surface area (Å²) < 4.78 is 0. The Bertz CT molecular complexity index is 311. The molecule has 0 aliphatic heterocycles. The van der Waals surface area contributed by atoms with Crippen LogP contribution in [0.5, 0.6) is 0 Å². The van der Waals surface area contributed by atoms with E-state index in [-0.39, 0.29) is 6.04 Å². The van der Waals surface area contributed by atoms with E-state index in [0.29, 0.717) is 5.41 Å². The van der Waals surface area contributed by atoms with Gasteiger partial charge in [-0.3, -0.25) is 0 Å². The standard InChI is InChI=1S/C13H23N3/c1-10-8-15-12(16-9-10)11(14-5)6-7-13(2,3)4/h8-9,11,14H,6-7H2,1-5H3. The Morgan fingerprint density at radius 1 is 1.25 bits per heavy atom. The van der Waals surface area contributed by atoms with Crippen LogP contribution in [0.4, 0.5) is 0 Å². The summed E-state index contributed by atoms with van der Waals surface area (Å²) in [6.07, 6.45) is 5.99. The molecular weight excluding hydrogens is 198 g/mol. The number of nitrogens with zero attached hydrogens (tertiary/aromatic N) is 2. The maximum absolute atomic E-state index is 4.38. The molecule has 0 aromatic carbocycles. The second kappa shape index (κ2) is 5.39. The summed E-state index contributed by atoms with van der Waals surface area (Å²) in [5.74, 6) is 0.900. The smallest absolute Gasteiger partial charge is 0.145 e. The van der Waals surface area contributed by atoms with E-state index in [9.17, 15) is 0 Å². The fraction of sp³-hybridized carbons (Fsp3) is 0.692. The molecule has 1 unspecified atom stereocenters. The monoisotopic (exact) mass is 221 g/mol. The molecule has 1 heterocycles. The van der Waals surface area contributed by atoms with E-state index < -0.39 is 0 Å². The number of rotatable bonds is 4. The summed E-state index contributed by atoms with van der Waals surface area (Å²) in [7, 11) is 1.97. The molecule has 1 rings (SSSR count). The van der Waals surface area contributed by atoms with E-state index >= 15 is 0 Å². The Balaban J connectivity index is 2.64. The van der Waals surface area contributed by atoms with Crippen LogP contribution in [0.3, 0.4) is 0 Å². The molecule has 0 spiro atoms. The van der Waals surface area contributed by atoms with E-state index in [0.717, 1.165) is 24.2 Å². The Morgan fingerprint density at radius 2 is 1.81 bits per heavy atom. The van der Waals surface area contributed by atoms with Crippen LogP contribution >= 0.6 is 0 Å². The first-order valence-corrected chi connectivity index (χ1v) is 5.88. The first-order valence-electron chi connectivity index (χ1n) is 5.88. The van der Waals surface area contributed by atoms with Gasteiger partial charge in [-0.2, -0.15) is 0 Å². The Labute approximate surface area is 98.7 Å². The molecule has 0 aliphatic rings. The summed E-state index contributed by atoms with van der Waals surface area (Å²) in [6.45, 7) is 8.79. The predicted octanol–water partition coefficient (Wildman–Crippen LogP) is 2.87. The van der Waals surface area contributed by atoms with Crippen LogP contribution in [0.15, 0.2) is 12.4 Å². The molecule has 3 nitrogen and oxygen atoms in total. The van der Waals surface area contributed by atoms with Gasteiger partial charge < -0.3 is 5.32 Å². The lowest BCUT2D eigenvalue weighted by molar-refractivity contribution is 0.333. The zero-order valence-electron chi connectivity index (χ0n) is 11.0. The Kier molecular flexibility index (Phi) is 4.42. The maximum Gasteiger partial charge on any atom is 0.145 e. The molecule has 0 fully saturated rings. The van der Waals surface area contributed by atoms with E-state index in [1.165, 1.54) is 0 Å². The second-order valence-electron chi connectivity index (χ2n) is 5.56. The summed E-state index contributed by atoms with van der Waals surface area (Å²) >= 11 is 0. The molecular formula is C13H23N3. The highest BCUT2D eigenvalue weighted by molar-refractivity contribution is 5.04. The normalized spacial score (nSPS) is 13.8. The summed E-state index contributed by atoms with van der Waals surface area (Å²) in [6, 6.07) is 0.264. The fourth-order valence-electron chi connectivity index (χ4n) is 1.56. The van der Waals surface area contributed by atoms with Gasteiger partial charge in [-0.15, -0.1) is 0 Å². The van der Waals surface area contributed by atoms with Crippen LogP contribution in [-0.4, -0.2) is 17.0 Å². The number of nitrogens with one attached hydrogen (secondary N) is 1. The number of aromatic nitrogens is 2. The van der Waals surface area contributed by atoms with Gasteiger partial charge in [0.2, 0.25) is 0 Å². The van der Waals surface area contributed by atoms with E-state index in [1.54, 1.807) is 0 Å². The van der Waals surface area contributed by atoms with Gasteiger partial charge in [0.05, 0.1) is 6.04 Å². The average molecular weight is 221 g/mol. The first kappa shape index (κ1) is 13.1. The summed E-state index contributed by atoms with van der Waals surface area (Å²) in [5, 5.41) is 3.29. The third kappa shape index (κ3) is 4.27. The van der Waals surface area contributed by atoms with Crippen LogP contribution in [0.1, 0.15) is 51.0 Å². The zero-order valence-corrected chi connectivity index (χ0v) is 11.0. The van der Waals surface area contributed by atoms with Gasteiger partial charge in [0, 0.05) is 12.4 Å². The van der Waals surface area contributed by atoms with Gasteiger partial charge in [0.1, 0.15) is 5.82 Å². The molecule has 0 aliphatic carbocycles. The topological polar surface area (TPSA) is 37.8 Å². The first-order chi connectivity index (χ1) is 7.42. The van der Waals surface area contributed by atoms with E-state index in [1.807, 2.05) is 26.4 Å². The average Bonchev–Trinajstić information content (AvgIpc) is 2.20. The van der Waals surface area contributed by atoms with Crippen LogP contribution in [0, 0.1) is 12.3 Å². The van der Waals surface area contributed by atoms with Gasteiger partial charge in [-0.05, 0) is 37.8 Å². The molecule has 0 radical (unpaired) electrons. The third-order valence-electron chi connectivity index (χ3n) is 2.64. The minimum atomic E-state index is 0.264. The lowest BCUT2D eigenvalue weighted by atomic mass is 9.88. The highest BCUT2D eigenvalue weighted by Gasteiger charge is 2.17. The van der Waals surface area contributed by atoms with Gasteiger partial charge in [0.15, 0.2) is 0 Å². The number of hydrogen-bond acceptors (Lipinski definition) is 3. The molecule has 0 saturated heterocycles. The van der Waals surface area contributed by atoms with Gasteiger partial charge in [-0.1, -0.05) is 20.8 Å². The van der Waals surface area contributed by atoms with Crippen molar-refractivity contribution in [1.82, 2.24) is 15.3 Å². The quantitative estimate of drug-likeness (QED) is 0.849.